The van der Waals surface area contributed by atoms with Crippen LogP contribution >= 0.6 is 0 Å². The number of aromatic nitrogens is 2. The Hall–Kier alpha value is -2.14. The average molecular weight is 287 g/mol. The van der Waals surface area contributed by atoms with Crippen LogP contribution in [0.5, 0.6) is 0 Å². The maximum Gasteiger partial charge on any atom is 0.243 e. The molecule has 1 aromatic heterocycles. The molecule has 0 fully saturated rings. The van der Waals surface area contributed by atoms with Crippen LogP contribution in [-0.4, -0.2) is 15.7 Å². The second-order valence-electron chi connectivity index (χ2n) is 5.07. The third-order valence-electron chi connectivity index (χ3n) is 3.53. The zero-order valence-electron chi connectivity index (χ0n) is 12.7. The molecule has 0 saturated heterocycles. The van der Waals surface area contributed by atoms with Crippen molar-refractivity contribution in [1.29, 1.82) is 0 Å². The lowest BCUT2D eigenvalue weighted by molar-refractivity contribution is -0.134. The molecule has 0 saturated carbocycles. The highest BCUT2D eigenvalue weighted by atomic mass is 16.6. The first-order valence-electron chi connectivity index (χ1n) is 7.01. The quantitative estimate of drug-likeness (QED) is 0.829. The fourth-order valence-corrected chi connectivity index (χ4v) is 2.24. The molecule has 0 atom stereocenters. The van der Waals surface area contributed by atoms with E-state index in [1.165, 1.54) is 0 Å². The molecule has 21 heavy (non-hydrogen) atoms. The first-order valence-corrected chi connectivity index (χ1v) is 7.01. The molecule has 5 heteroatoms. The molecule has 2 rings (SSSR count). The van der Waals surface area contributed by atoms with Gasteiger partial charge in [0, 0.05) is 19.2 Å². The van der Waals surface area contributed by atoms with Gasteiger partial charge in [0.2, 0.25) is 5.91 Å². The zero-order valence-corrected chi connectivity index (χ0v) is 12.7. The predicted octanol–water partition coefficient (Wildman–Crippen LogP) is 2.22. The maximum absolute atomic E-state index is 11.8. The van der Waals surface area contributed by atoms with Gasteiger partial charge in [0.15, 0.2) is 0 Å². The predicted molar refractivity (Wildman–Crippen MR) is 80.4 cm³/mol. The summed E-state index contributed by atoms with van der Waals surface area (Å²) in [6, 6.07) is 9.73. The third-order valence-corrected chi connectivity index (χ3v) is 3.53. The van der Waals surface area contributed by atoms with Gasteiger partial charge in [-0.05, 0) is 31.4 Å². The lowest BCUT2D eigenvalue weighted by Crippen LogP contribution is -2.23. The normalized spacial score (nSPS) is 10.6. The van der Waals surface area contributed by atoms with Gasteiger partial charge in [-0.15, -0.1) is 0 Å². The third kappa shape index (κ3) is 4.16. The summed E-state index contributed by atoms with van der Waals surface area (Å²) in [5, 5.41) is 4.34. The highest BCUT2D eigenvalue weighted by Gasteiger charge is 2.11. The number of amides is 1. The number of carbonyl (C=O) groups excluding carboxylic acids is 1. The summed E-state index contributed by atoms with van der Waals surface area (Å²) < 4.78 is 1.84. The Bertz CT molecular complexity index is 605. The van der Waals surface area contributed by atoms with E-state index in [0.29, 0.717) is 19.4 Å². The number of nitrogens with zero attached hydrogens (tertiary/aromatic N) is 2. The van der Waals surface area contributed by atoms with Crippen molar-refractivity contribution >= 4 is 5.91 Å². The highest BCUT2D eigenvalue weighted by molar-refractivity contribution is 5.75. The van der Waals surface area contributed by atoms with Crippen LogP contribution in [0.2, 0.25) is 0 Å². The number of carbonyl (C=O) groups is 1. The fraction of sp³-hybridized carbons (Fsp3) is 0.375. The van der Waals surface area contributed by atoms with Crippen molar-refractivity contribution in [3.63, 3.8) is 0 Å². The van der Waals surface area contributed by atoms with Crippen LogP contribution < -0.4 is 5.48 Å². The van der Waals surface area contributed by atoms with Crippen molar-refractivity contribution in [1.82, 2.24) is 15.3 Å². The lowest BCUT2D eigenvalue weighted by atomic mass is 10.1. The SMILES string of the molecule is Cc1nn(C)c(C)c1CCC(=O)NOCc1ccccc1. The van der Waals surface area contributed by atoms with E-state index in [9.17, 15) is 4.79 Å². The second-order valence-corrected chi connectivity index (χ2v) is 5.07. The number of aryl methyl sites for hydroxylation is 2. The molecule has 0 aliphatic carbocycles. The fourth-order valence-electron chi connectivity index (χ4n) is 2.24. The first-order chi connectivity index (χ1) is 10.1. The van der Waals surface area contributed by atoms with Crippen molar-refractivity contribution in [2.45, 2.75) is 33.3 Å². The minimum absolute atomic E-state index is 0.117. The van der Waals surface area contributed by atoms with Crippen molar-refractivity contribution in [2.24, 2.45) is 7.05 Å². The van der Waals surface area contributed by atoms with Gasteiger partial charge in [-0.3, -0.25) is 14.3 Å². The van der Waals surface area contributed by atoms with Gasteiger partial charge in [-0.2, -0.15) is 5.10 Å². The molecule has 1 aromatic carbocycles. The lowest BCUT2D eigenvalue weighted by Gasteiger charge is -2.06. The van der Waals surface area contributed by atoms with Gasteiger partial charge in [0.1, 0.15) is 0 Å². The van der Waals surface area contributed by atoms with Crippen molar-refractivity contribution < 1.29 is 9.63 Å². The molecule has 1 N–H and O–H groups in total. The van der Waals surface area contributed by atoms with Crippen LogP contribution in [0.25, 0.3) is 0 Å². The molecule has 0 unspecified atom stereocenters. The molecule has 0 radical (unpaired) electrons. The molecule has 2 aromatic rings. The summed E-state index contributed by atoms with van der Waals surface area (Å²) >= 11 is 0. The van der Waals surface area contributed by atoms with E-state index in [1.54, 1.807) is 0 Å². The summed E-state index contributed by atoms with van der Waals surface area (Å²) in [6.45, 7) is 4.35. The van der Waals surface area contributed by atoms with Crippen LogP contribution in [0.3, 0.4) is 0 Å². The monoisotopic (exact) mass is 287 g/mol. The number of hydroxylamine groups is 1. The Morgan fingerprint density at radius 2 is 2.00 bits per heavy atom. The number of hydrogen-bond acceptors (Lipinski definition) is 3. The van der Waals surface area contributed by atoms with Crippen LogP contribution in [0.4, 0.5) is 0 Å². The molecule has 5 nitrogen and oxygen atoms in total. The van der Waals surface area contributed by atoms with E-state index in [2.05, 4.69) is 10.6 Å². The number of benzene rings is 1. The van der Waals surface area contributed by atoms with Crippen molar-refractivity contribution in [3.8, 4) is 0 Å². The molecule has 112 valence electrons. The Labute approximate surface area is 124 Å². The molecule has 0 aliphatic rings. The topological polar surface area (TPSA) is 56.2 Å². The van der Waals surface area contributed by atoms with Gasteiger partial charge < -0.3 is 0 Å². The molecule has 1 heterocycles. The van der Waals surface area contributed by atoms with E-state index in [0.717, 1.165) is 22.5 Å². The minimum atomic E-state index is -0.117. The van der Waals surface area contributed by atoms with Gasteiger partial charge in [0.25, 0.3) is 0 Å². The molecular weight excluding hydrogens is 266 g/mol. The maximum atomic E-state index is 11.8. The standard InChI is InChI=1S/C16H21N3O2/c1-12-15(13(2)19(3)17-12)9-10-16(20)18-21-11-14-7-5-4-6-8-14/h4-8H,9-11H2,1-3H3,(H,18,20). The molecular formula is C16H21N3O2. The summed E-state index contributed by atoms with van der Waals surface area (Å²) in [5.74, 6) is -0.117. The molecule has 0 spiro atoms. The number of rotatable bonds is 6. The number of hydrogen-bond donors (Lipinski definition) is 1. The summed E-state index contributed by atoms with van der Waals surface area (Å²) in [7, 11) is 1.91. The van der Waals surface area contributed by atoms with E-state index in [1.807, 2.05) is 55.9 Å². The zero-order chi connectivity index (χ0) is 15.2. The second kappa shape index (κ2) is 7.04. The van der Waals surface area contributed by atoms with Crippen molar-refractivity contribution in [2.75, 3.05) is 0 Å². The van der Waals surface area contributed by atoms with Crippen LogP contribution in [0.15, 0.2) is 30.3 Å². The smallest absolute Gasteiger partial charge is 0.243 e. The number of nitrogens with one attached hydrogen (secondary N) is 1. The van der Waals surface area contributed by atoms with Crippen molar-refractivity contribution in [3.05, 3.63) is 52.8 Å². The van der Waals surface area contributed by atoms with Gasteiger partial charge in [-0.25, -0.2) is 5.48 Å². The van der Waals surface area contributed by atoms with Crippen LogP contribution in [-0.2, 0) is 29.7 Å². The Morgan fingerprint density at radius 1 is 1.29 bits per heavy atom. The largest absolute Gasteiger partial charge is 0.273 e. The van der Waals surface area contributed by atoms with E-state index in [4.69, 9.17) is 4.84 Å². The molecule has 0 aliphatic heterocycles. The van der Waals surface area contributed by atoms with Crippen LogP contribution in [0.1, 0.15) is 28.9 Å². The summed E-state index contributed by atoms with van der Waals surface area (Å²) in [5.41, 5.74) is 6.72. The van der Waals surface area contributed by atoms with Gasteiger partial charge in [-0.1, -0.05) is 30.3 Å². The Kier molecular flexibility index (Phi) is 5.11. The van der Waals surface area contributed by atoms with E-state index < -0.39 is 0 Å². The average Bonchev–Trinajstić information content (AvgIpc) is 2.71. The van der Waals surface area contributed by atoms with Gasteiger partial charge >= 0.3 is 0 Å². The summed E-state index contributed by atoms with van der Waals surface area (Å²) in [6.07, 6.45) is 1.06. The molecule has 0 bridgehead atoms. The minimum Gasteiger partial charge on any atom is -0.273 e. The highest BCUT2D eigenvalue weighted by Crippen LogP contribution is 2.13. The summed E-state index contributed by atoms with van der Waals surface area (Å²) in [4.78, 5) is 17.0. The first kappa shape index (κ1) is 15.3. The van der Waals surface area contributed by atoms with Crippen LogP contribution in [0, 0.1) is 13.8 Å². The van der Waals surface area contributed by atoms with E-state index >= 15 is 0 Å². The van der Waals surface area contributed by atoms with Gasteiger partial charge in [0.05, 0.1) is 12.3 Å². The van der Waals surface area contributed by atoms with E-state index in [-0.39, 0.29) is 5.91 Å². The Morgan fingerprint density at radius 3 is 2.62 bits per heavy atom. The molecule has 1 amide bonds. The Balaban J connectivity index is 1.75.